The van der Waals surface area contributed by atoms with Gasteiger partial charge in [-0.05, 0) is 49.2 Å². The van der Waals surface area contributed by atoms with Crippen LogP contribution in [0.15, 0.2) is 47.3 Å². The van der Waals surface area contributed by atoms with Gasteiger partial charge < -0.3 is 15.0 Å². The van der Waals surface area contributed by atoms with Gasteiger partial charge in [0.05, 0.1) is 17.4 Å². The number of nitrogens with one attached hydrogen (secondary N) is 2. The predicted octanol–water partition coefficient (Wildman–Crippen LogP) is 2.67. The summed E-state index contributed by atoms with van der Waals surface area (Å²) in [7, 11) is 0. The largest absolute Gasteiger partial charge is 0.492 e. The van der Waals surface area contributed by atoms with Gasteiger partial charge >= 0.3 is 0 Å². The van der Waals surface area contributed by atoms with E-state index < -0.39 is 0 Å². The molecule has 0 fully saturated rings. The smallest absolute Gasteiger partial charge is 0.258 e. The molecule has 2 aromatic carbocycles. The molecule has 2 N–H and O–H groups in total. The lowest BCUT2D eigenvalue weighted by molar-refractivity contribution is -0.121. The van der Waals surface area contributed by atoms with E-state index >= 15 is 0 Å². The maximum absolute atomic E-state index is 12.0. The number of H-pyrrole nitrogens is 1. The van der Waals surface area contributed by atoms with Crippen LogP contribution in [-0.4, -0.2) is 29.0 Å². The molecule has 0 saturated heterocycles. The Morgan fingerprint density at radius 3 is 2.67 bits per heavy atom. The lowest BCUT2D eigenvalue weighted by atomic mass is 10.1. The minimum Gasteiger partial charge on any atom is -0.492 e. The second-order valence-corrected chi connectivity index (χ2v) is 6.55. The first kappa shape index (κ1) is 18.6. The highest BCUT2D eigenvalue weighted by Gasteiger charge is 2.06. The van der Waals surface area contributed by atoms with Crippen molar-refractivity contribution in [2.24, 2.45) is 0 Å². The van der Waals surface area contributed by atoms with Crippen LogP contribution in [0.4, 0.5) is 0 Å². The first-order chi connectivity index (χ1) is 13.0. The lowest BCUT2D eigenvalue weighted by Gasteiger charge is -2.09. The molecule has 0 unspecified atom stereocenters. The van der Waals surface area contributed by atoms with Gasteiger partial charge in [-0.15, -0.1) is 0 Å². The maximum atomic E-state index is 12.0. The molecule has 3 aromatic rings. The van der Waals surface area contributed by atoms with Crippen LogP contribution in [0, 0.1) is 13.8 Å². The number of ether oxygens (including phenoxy) is 1. The molecule has 1 amide bonds. The zero-order chi connectivity index (χ0) is 19.2. The molecule has 0 radical (unpaired) electrons. The van der Waals surface area contributed by atoms with Crippen molar-refractivity contribution in [2.75, 3.05) is 13.2 Å². The maximum Gasteiger partial charge on any atom is 0.258 e. The first-order valence-electron chi connectivity index (χ1n) is 8.97. The number of aryl methyl sites for hydroxylation is 3. The second-order valence-electron chi connectivity index (χ2n) is 6.55. The molecule has 6 heteroatoms. The van der Waals surface area contributed by atoms with Gasteiger partial charge in [0.15, 0.2) is 0 Å². The van der Waals surface area contributed by atoms with Gasteiger partial charge in [0.2, 0.25) is 5.91 Å². The zero-order valence-corrected chi connectivity index (χ0v) is 15.5. The number of benzene rings is 2. The van der Waals surface area contributed by atoms with Gasteiger partial charge in [0, 0.05) is 12.8 Å². The van der Waals surface area contributed by atoms with E-state index in [-0.39, 0.29) is 17.9 Å². The third-order valence-corrected chi connectivity index (χ3v) is 4.14. The summed E-state index contributed by atoms with van der Waals surface area (Å²) < 4.78 is 5.67. The molecule has 0 aliphatic carbocycles. The van der Waals surface area contributed by atoms with Crippen LogP contribution in [-0.2, 0) is 11.2 Å². The van der Waals surface area contributed by atoms with Gasteiger partial charge in [0.1, 0.15) is 18.2 Å². The highest BCUT2D eigenvalue weighted by Crippen LogP contribution is 2.15. The number of nitrogens with zero attached hydrogens (tertiary/aromatic N) is 1. The number of hydrogen-bond donors (Lipinski definition) is 2. The number of aromatic amines is 1. The molecule has 1 heterocycles. The highest BCUT2D eigenvalue weighted by atomic mass is 16.5. The van der Waals surface area contributed by atoms with Gasteiger partial charge in [-0.25, -0.2) is 4.98 Å². The number of aromatic nitrogens is 2. The lowest BCUT2D eigenvalue weighted by Crippen LogP contribution is -2.28. The fourth-order valence-electron chi connectivity index (χ4n) is 2.95. The van der Waals surface area contributed by atoms with E-state index in [9.17, 15) is 9.59 Å². The van der Waals surface area contributed by atoms with Crippen molar-refractivity contribution in [3.05, 3.63) is 69.8 Å². The molecule has 0 atom stereocenters. The topological polar surface area (TPSA) is 84.1 Å². The van der Waals surface area contributed by atoms with Gasteiger partial charge in [-0.2, -0.15) is 0 Å². The molecular weight excluding hydrogens is 342 g/mol. The number of para-hydroxylation sites is 1. The van der Waals surface area contributed by atoms with Crippen molar-refractivity contribution >= 4 is 16.8 Å². The Morgan fingerprint density at radius 2 is 1.89 bits per heavy atom. The van der Waals surface area contributed by atoms with Crippen LogP contribution in [0.5, 0.6) is 5.75 Å². The van der Waals surface area contributed by atoms with Crippen molar-refractivity contribution in [3.8, 4) is 5.75 Å². The Hall–Kier alpha value is -3.15. The van der Waals surface area contributed by atoms with E-state index in [4.69, 9.17) is 4.74 Å². The number of hydrogen-bond acceptors (Lipinski definition) is 4. The zero-order valence-electron chi connectivity index (χ0n) is 15.5. The van der Waals surface area contributed by atoms with E-state index in [1.54, 1.807) is 18.2 Å². The summed E-state index contributed by atoms with van der Waals surface area (Å²) in [5, 5.41) is 3.37. The Labute approximate surface area is 157 Å². The molecule has 3 rings (SSSR count). The third kappa shape index (κ3) is 5.17. The summed E-state index contributed by atoms with van der Waals surface area (Å²) in [5.74, 6) is 1.22. The number of amides is 1. The van der Waals surface area contributed by atoms with Gasteiger partial charge in [-0.3, -0.25) is 9.59 Å². The Morgan fingerprint density at radius 1 is 1.15 bits per heavy atom. The van der Waals surface area contributed by atoms with E-state index in [0.29, 0.717) is 36.3 Å². The molecule has 6 nitrogen and oxygen atoms in total. The minimum atomic E-state index is -0.183. The standard InChI is InChI=1S/C21H23N3O3/c1-14-11-15(2)13-16(12-14)27-10-9-22-20(25)8-7-19-23-18-6-4-3-5-17(18)21(26)24-19/h3-6,11-13H,7-10H2,1-2H3,(H,22,25)(H,23,24,26). The Kier molecular flexibility index (Phi) is 5.86. The van der Waals surface area contributed by atoms with Crippen molar-refractivity contribution in [2.45, 2.75) is 26.7 Å². The van der Waals surface area contributed by atoms with Crippen molar-refractivity contribution in [3.63, 3.8) is 0 Å². The predicted molar refractivity (Wildman–Crippen MR) is 105 cm³/mol. The molecule has 140 valence electrons. The van der Waals surface area contributed by atoms with Crippen LogP contribution in [0.25, 0.3) is 10.9 Å². The fraction of sp³-hybridized carbons (Fsp3) is 0.286. The summed E-state index contributed by atoms with van der Waals surface area (Å²) in [6, 6.07) is 13.2. The monoisotopic (exact) mass is 365 g/mol. The molecule has 0 aliphatic rings. The van der Waals surface area contributed by atoms with Gasteiger partial charge in [-0.1, -0.05) is 18.2 Å². The summed E-state index contributed by atoms with van der Waals surface area (Å²) in [5.41, 5.74) is 2.74. The van der Waals surface area contributed by atoms with E-state index in [1.165, 1.54) is 0 Å². The molecule has 1 aromatic heterocycles. The normalized spacial score (nSPS) is 10.7. The number of carbonyl (C=O) groups is 1. The number of fused-ring (bicyclic) bond motifs is 1. The summed E-state index contributed by atoms with van der Waals surface area (Å²) in [4.78, 5) is 31.2. The van der Waals surface area contributed by atoms with Crippen LogP contribution < -0.4 is 15.6 Å². The Bertz CT molecular complexity index is 991. The first-order valence-corrected chi connectivity index (χ1v) is 8.97. The van der Waals surface area contributed by atoms with E-state index in [1.807, 2.05) is 32.0 Å². The molecule has 0 spiro atoms. The minimum absolute atomic E-state index is 0.102. The molecule has 0 bridgehead atoms. The van der Waals surface area contributed by atoms with Crippen LogP contribution in [0.3, 0.4) is 0 Å². The van der Waals surface area contributed by atoms with Crippen molar-refractivity contribution < 1.29 is 9.53 Å². The van der Waals surface area contributed by atoms with Crippen LogP contribution >= 0.6 is 0 Å². The fourth-order valence-corrected chi connectivity index (χ4v) is 2.95. The molecule has 27 heavy (non-hydrogen) atoms. The quantitative estimate of drug-likeness (QED) is 0.631. The van der Waals surface area contributed by atoms with Crippen LogP contribution in [0.1, 0.15) is 23.4 Å². The molecule has 0 aliphatic heterocycles. The molecule has 0 saturated carbocycles. The Balaban J connectivity index is 1.45. The SMILES string of the molecule is Cc1cc(C)cc(OCCNC(=O)CCc2nc3ccccc3c(=O)[nH]2)c1. The van der Waals surface area contributed by atoms with Crippen molar-refractivity contribution in [1.29, 1.82) is 0 Å². The average Bonchev–Trinajstić information content (AvgIpc) is 2.63. The highest BCUT2D eigenvalue weighted by molar-refractivity contribution is 5.78. The molecular formula is C21H23N3O3. The number of carbonyl (C=O) groups excluding carboxylic acids is 1. The van der Waals surface area contributed by atoms with E-state index in [2.05, 4.69) is 21.4 Å². The third-order valence-electron chi connectivity index (χ3n) is 4.14. The van der Waals surface area contributed by atoms with Crippen molar-refractivity contribution in [1.82, 2.24) is 15.3 Å². The average molecular weight is 365 g/mol. The summed E-state index contributed by atoms with van der Waals surface area (Å²) in [6.07, 6.45) is 0.634. The number of rotatable bonds is 7. The van der Waals surface area contributed by atoms with E-state index in [0.717, 1.165) is 16.9 Å². The summed E-state index contributed by atoms with van der Waals surface area (Å²) in [6.45, 7) is 4.87. The summed E-state index contributed by atoms with van der Waals surface area (Å²) >= 11 is 0. The van der Waals surface area contributed by atoms with Crippen LogP contribution in [0.2, 0.25) is 0 Å². The second kappa shape index (κ2) is 8.49. The van der Waals surface area contributed by atoms with Gasteiger partial charge in [0.25, 0.3) is 5.56 Å².